The fraction of sp³-hybridized carbons (Fsp3) is 0.700. The van der Waals surface area contributed by atoms with Gasteiger partial charge in [-0.05, 0) is 18.8 Å². The van der Waals surface area contributed by atoms with Crippen LogP contribution >= 0.6 is 0 Å². The Morgan fingerprint density at radius 3 is 2.69 bits per heavy atom. The van der Waals surface area contributed by atoms with Crippen LogP contribution in [0.5, 0.6) is 0 Å². The first-order chi connectivity index (χ1) is 6.36. The van der Waals surface area contributed by atoms with Crippen molar-refractivity contribution in [3.05, 3.63) is 0 Å². The normalized spacial score (nSPS) is 24.6. The fourth-order valence-electron chi connectivity index (χ4n) is 2.09. The van der Waals surface area contributed by atoms with E-state index in [0.29, 0.717) is 12.3 Å². The summed E-state index contributed by atoms with van der Waals surface area (Å²) in [6, 6.07) is 0. The maximum absolute atomic E-state index is 11.1. The predicted molar refractivity (Wildman–Crippen MR) is 52.1 cm³/mol. The standard InChI is InChI=1S/C10H14N2O/c13-9-6-10(12-11-7-9)8-4-2-1-3-5-8/h7-8H,1-6H2. The molecule has 0 aromatic carbocycles. The van der Waals surface area contributed by atoms with E-state index in [9.17, 15) is 4.79 Å². The molecule has 3 nitrogen and oxygen atoms in total. The average molecular weight is 178 g/mol. The summed E-state index contributed by atoms with van der Waals surface area (Å²) in [7, 11) is 0. The Balaban J connectivity index is 2.02. The van der Waals surface area contributed by atoms with Crippen molar-refractivity contribution in [1.29, 1.82) is 0 Å². The van der Waals surface area contributed by atoms with Crippen LogP contribution in [0.25, 0.3) is 0 Å². The molecular formula is C10H14N2O. The van der Waals surface area contributed by atoms with Crippen molar-refractivity contribution >= 4 is 17.7 Å². The third kappa shape index (κ3) is 2.02. The summed E-state index contributed by atoms with van der Waals surface area (Å²) in [5.41, 5.74) is 1.02. The number of hydrogen-bond acceptors (Lipinski definition) is 3. The largest absolute Gasteiger partial charge is 0.293 e. The first kappa shape index (κ1) is 8.60. The van der Waals surface area contributed by atoms with E-state index in [4.69, 9.17) is 0 Å². The van der Waals surface area contributed by atoms with Gasteiger partial charge in [-0.25, -0.2) is 0 Å². The van der Waals surface area contributed by atoms with Crippen molar-refractivity contribution in [2.45, 2.75) is 38.5 Å². The van der Waals surface area contributed by atoms with Crippen molar-refractivity contribution in [2.75, 3.05) is 0 Å². The highest BCUT2D eigenvalue weighted by molar-refractivity contribution is 6.33. The Bertz CT molecular complexity index is 262. The molecule has 0 bridgehead atoms. The van der Waals surface area contributed by atoms with E-state index in [1.54, 1.807) is 0 Å². The lowest BCUT2D eigenvalue weighted by molar-refractivity contribution is -0.111. The maximum Gasteiger partial charge on any atom is 0.181 e. The van der Waals surface area contributed by atoms with Gasteiger partial charge in [0.2, 0.25) is 0 Å². The second kappa shape index (κ2) is 3.81. The van der Waals surface area contributed by atoms with E-state index >= 15 is 0 Å². The fourth-order valence-corrected chi connectivity index (χ4v) is 2.09. The minimum Gasteiger partial charge on any atom is -0.293 e. The first-order valence-electron chi connectivity index (χ1n) is 4.99. The van der Waals surface area contributed by atoms with Gasteiger partial charge in [-0.2, -0.15) is 10.2 Å². The Hall–Kier alpha value is -0.990. The zero-order chi connectivity index (χ0) is 9.10. The lowest BCUT2D eigenvalue weighted by Gasteiger charge is -2.22. The summed E-state index contributed by atoms with van der Waals surface area (Å²) >= 11 is 0. The van der Waals surface area contributed by atoms with Gasteiger partial charge in [0.25, 0.3) is 0 Å². The molecule has 1 fully saturated rings. The lowest BCUT2D eigenvalue weighted by Crippen LogP contribution is -2.23. The molecule has 0 saturated heterocycles. The number of carbonyl (C=O) groups excluding carboxylic acids is 1. The third-order valence-corrected chi connectivity index (χ3v) is 2.82. The maximum atomic E-state index is 11.1. The molecule has 1 heterocycles. The van der Waals surface area contributed by atoms with Crippen molar-refractivity contribution in [2.24, 2.45) is 16.1 Å². The zero-order valence-corrected chi connectivity index (χ0v) is 7.70. The van der Waals surface area contributed by atoms with Crippen LogP contribution in [0.1, 0.15) is 38.5 Å². The number of rotatable bonds is 1. The first-order valence-corrected chi connectivity index (χ1v) is 4.99. The SMILES string of the molecule is O=C1C=NN=C(C2CCCCC2)C1. The smallest absolute Gasteiger partial charge is 0.181 e. The van der Waals surface area contributed by atoms with Gasteiger partial charge in [0.15, 0.2) is 5.78 Å². The van der Waals surface area contributed by atoms with E-state index in [2.05, 4.69) is 10.2 Å². The molecule has 3 heteroatoms. The number of ketones is 1. The van der Waals surface area contributed by atoms with Crippen molar-refractivity contribution in [3.63, 3.8) is 0 Å². The van der Waals surface area contributed by atoms with Crippen LogP contribution in [0.15, 0.2) is 10.2 Å². The highest BCUT2D eigenvalue weighted by atomic mass is 16.1. The molecule has 0 N–H and O–H groups in total. The monoisotopic (exact) mass is 178 g/mol. The Morgan fingerprint density at radius 1 is 1.23 bits per heavy atom. The molecule has 0 amide bonds. The van der Waals surface area contributed by atoms with Gasteiger partial charge in [-0.15, -0.1) is 0 Å². The van der Waals surface area contributed by atoms with E-state index in [1.807, 2.05) is 0 Å². The van der Waals surface area contributed by atoms with Gasteiger partial charge >= 0.3 is 0 Å². The number of hydrogen-bond donors (Lipinski definition) is 0. The molecular weight excluding hydrogens is 164 g/mol. The molecule has 2 rings (SSSR count). The van der Waals surface area contributed by atoms with Gasteiger partial charge in [-0.1, -0.05) is 19.3 Å². The molecule has 0 aromatic heterocycles. The summed E-state index contributed by atoms with van der Waals surface area (Å²) in [6.07, 6.45) is 8.12. The van der Waals surface area contributed by atoms with Crippen LogP contribution in [0.2, 0.25) is 0 Å². The van der Waals surface area contributed by atoms with Crippen molar-refractivity contribution < 1.29 is 4.79 Å². The number of Topliss-reactive ketones (excluding diaryl/α,β-unsaturated/α-hetero) is 1. The molecule has 0 atom stereocenters. The molecule has 13 heavy (non-hydrogen) atoms. The Morgan fingerprint density at radius 2 is 2.00 bits per heavy atom. The van der Waals surface area contributed by atoms with Gasteiger partial charge in [-0.3, -0.25) is 4.79 Å². The molecule has 1 saturated carbocycles. The zero-order valence-electron chi connectivity index (χ0n) is 7.70. The minimum absolute atomic E-state index is 0.107. The van der Waals surface area contributed by atoms with Crippen LogP contribution in [-0.4, -0.2) is 17.7 Å². The Kier molecular flexibility index (Phi) is 2.52. The summed E-state index contributed by atoms with van der Waals surface area (Å²) in [4.78, 5) is 11.1. The van der Waals surface area contributed by atoms with Gasteiger partial charge in [0, 0.05) is 0 Å². The van der Waals surface area contributed by atoms with Gasteiger partial charge in [0.05, 0.1) is 18.3 Å². The second-order valence-corrected chi connectivity index (χ2v) is 3.81. The molecule has 0 unspecified atom stereocenters. The molecule has 0 radical (unpaired) electrons. The van der Waals surface area contributed by atoms with E-state index in [-0.39, 0.29) is 5.78 Å². The number of carbonyl (C=O) groups is 1. The van der Waals surface area contributed by atoms with Crippen molar-refractivity contribution in [1.82, 2.24) is 0 Å². The van der Waals surface area contributed by atoms with Gasteiger partial charge < -0.3 is 0 Å². The van der Waals surface area contributed by atoms with Crippen molar-refractivity contribution in [3.8, 4) is 0 Å². The van der Waals surface area contributed by atoms with E-state index in [1.165, 1.54) is 38.3 Å². The number of nitrogens with zero attached hydrogens (tertiary/aromatic N) is 2. The summed E-state index contributed by atoms with van der Waals surface area (Å²) in [5, 5.41) is 7.80. The van der Waals surface area contributed by atoms with E-state index in [0.717, 1.165) is 5.71 Å². The quantitative estimate of drug-likeness (QED) is 0.605. The summed E-state index contributed by atoms with van der Waals surface area (Å²) in [6.45, 7) is 0. The second-order valence-electron chi connectivity index (χ2n) is 3.81. The third-order valence-electron chi connectivity index (χ3n) is 2.82. The molecule has 2 aliphatic rings. The predicted octanol–water partition coefficient (Wildman–Crippen LogP) is 1.97. The molecule has 1 aliphatic heterocycles. The lowest BCUT2D eigenvalue weighted by atomic mass is 9.84. The highest BCUT2D eigenvalue weighted by Crippen LogP contribution is 2.26. The van der Waals surface area contributed by atoms with Crippen LogP contribution in [0, 0.1) is 5.92 Å². The molecule has 0 spiro atoms. The molecule has 1 aliphatic carbocycles. The molecule has 70 valence electrons. The van der Waals surface area contributed by atoms with Crippen LogP contribution in [0.3, 0.4) is 0 Å². The van der Waals surface area contributed by atoms with Crippen LogP contribution in [-0.2, 0) is 4.79 Å². The average Bonchev–Trinajstić information content (AvgIpc) is 2.19. The van der Waals surface area contributed by atoms with Crippen LogP contribution in [0.4, 0.5) is 0 Å². The van der Waals surface area contributed by atoms with Crippen LogP contribution < -0.4 is 0 Å². The summed E-state index contributed by atoms with van der Waals surface area (Å²) < 4.78 is 0. The summed E-state index contributed by atoms with van der Waals surface area (Å²) in [5.74, 6) is 0.644. The Labute approximate surface area is 77.9 Å². The van der Waals surface area contributed by atoms with E-state index < -0.39 is 0 Å². The topological polar surface area (TPSA) is 41.8 Å². The van der Waals surface area contributed by atoms with Gasteiger partial charge in [0.1, 0.15) is 0 Å². The minimum atomic E-state index is 0.107. The highest BCUT2D eigenvalue weighted by Gasteiger charge is 2.22. The molecule has 0 aromatic rings.